The average molecular weight is 351 g/mol. The number of aromatic nitrogens is 2. The van der Waals surface area contributed by atoms with Gasteiger partial charge in [0.1, 0.15) is 5.82 Å². The highest BCUT2D eigenvalue weighted by Crippen LogP contribution is 2.38. The molecule has 3 rings (SSSR count). The summed E-state index contributed by atoms with van der Waals surface area (Å²) in [6, 6.07) is 4.51. The number of amides is 1. The molecule has 3 heterocycles. The Morgan fingerprint density at radius 3 is 2.81 bits per heavy atom. The molecule has 0 N–H and O–H groups in total. The van der Waals surface area contributed by atoms with Crippen molar-refractivity contribution in [1.29, 1.82) is 0 Å². The van der Waals surface area contributed by atoms with Crippen molar-refractivity contribution in [3.8, 4) is 0 Å². The van der Waals surface area contributed by atoms with Gasteiger partial charge < -0.3 is 9.80 Å². The lowest BCUT2D eigenvalue weighted by atomic mass is 10.2. The molecule has 0 saturated carbocycles. The van der Waals surface area contributed by atoms with E-state index in [9.17, 15) is 9.18 Å². The minimum Gasteiger partial charge on any atom is -0.309 e. The van der Waals surface area contributed by atoms with Crippen molar-refractivity contribution in [2.24, 2.45) is 0 Å². The predicted molar refractivity (Wildman–Crippen MR) is 81.5 cm³/mol. The molecule has 2 aromatic heterocycles. The molecule has 0 fully saturated rings. The second-order valence-corrected chi connectivity index (χ2v) is 5.53. The quantitative estimate of drug-likeness (QED) is 0.741. The van der Waals surface area contributed by atoms with Crippen LogP contribution < -0.4 is 9.80 Å². The Hall–Kier alpha value is -2.02. The van der Waals surface area contributed by atoms with Crippen molar-refractivity contribution >= 4 is 39.2 Å². The van der Waals surface area contributed by atoms with Crippen LogP contribution in [0.5, 0.6) is 0 Å². The van der Waals surface area contributed by atoms with Gasteiger partial charge in [-0.25, -0.2) is 4.98 Å². The van der Waals surface area contributed by atoms with Gasteiger partial charge in [-0.2, -0.15) is 9.37 Å². The van der Waals surface area contributed by atoms with Gasteiger partial charge in [0.05, 0.1) is 11.3 Å². The summed E-state index contributed by atoms with van der Waals surface area (Å²) < 4.78 is 14.2. The molecule has 0 saturated heterocycles. The van der Waals surface area contributed by atoms with Gasteiger partial charge in [0.15, 0.2) is 5.82 Å². The van der Waals surface area contributed by atoms with E-state index in [2.05, 4.69) is 25.9 Å². The third-order valence-electron chi connectivity index (χ3n) is 3.38. The number of hydrogen-bond donors (Lipinski definition) is 0. The van der Waals surface area contributed by atoms with Crippen molar-refractivity contribution in [3.63, 3.8) is 0 Å². The van der Waals surface area contributed by atoms with Gasteiger partial charge >= 0.3 is 0 Å². The smallest absolute Gasteiger partial charge is 0.261 e. The summed E-state index contributed by atoms with van der Waals surface area (Å²) in [5.74, 6) is 0.0781. The number of fused-ring (bicyclic) bond motifs is 2. The van der Waals surface area contributed by atoms with Gasteiger partial charge in [-0.15, -0.1) is 0 Å². The molecule has 0 aliphatic carbocycles. The molecule has 108 valence electrons. The molecule has 5 nitrogen and oxygen atoms in total. The summed E-state index contributed by atoms with van der Waals surface area (Å²) in [6.07, 6.45) is 1.61. The maximum Gasteiger partial charge on any atom is 0.261 e. The molecule has 21 heavy (non-hydrogen) atoms. The minimum atomic E-state index is -0.589. The highest BCUT2D eigenvalue weighted by Gasteiger charge is 2.30. The Morgan fingerprint density at radius 2 is 2.10 bits per heavy atom. The Balaban J connectivity index is 2.32. The molecule has 7 heteroatoms. The molecular weight excluding hydrogens is 339 g/mol. The fourth-order valence-corrected chi connectivity index (χ4v) is 2.70. The molecule has 1 aliphatic heterocycles. The first-order chi connectivity index (χ1) is 10.0. The number of rotatable bonds is 1. The number of anilines is 3. The van der Waals surface area contributed by atoms with Crippen LogP contribution in [-0.4, -0.2) is 29.5 Å². The lowest BCUT2D eigenvalue weighted by molar-refractivity contribution is 0.0994. The van der Waals surface area contributed by atoms with Gasteiger partial charge in [0.25, 0.3) is 5.91 Å². The zero-order valence-corrected chi connectivity index (χ0v) is 13.1. The number of pyridine rings is 2. The van der Waals surface area contributed by atoms with Crippen LogP contribution >= 0.6 is 15.9 Å². The van der Waals surface area contributed by atoms with Crippen LogP contribution in [0.15, 0.2) is 28.9 Å². The fourth-order valence-electron chi connectivity index (χ4n) is 2.37. The first kappa shape index (κ1) is 13.9. The zero-order valence-electron chi connectivity index (χ0n) is 11.5. The summed E-state index contributed by atoms with van der Waals surface area (Å²) in [6.45, 7) is 2.42. The summed E-state index contributed by atoms with van der Waals surface area (Å²) in [7, 11) is 1.64. The highest BCUT2D eigenvalue weighted by atomic mass is 79.9. The summed E-state index contributed by atoms with van der Waals surface area (Å²) in [5.41, 5.74) is 1.00. The third-order valence-corrected chi connectivity index (χ3v) is 3.81. The van der Waals surface area contributed by atoms with Crippen LogP contribution in [0.2, 0.25) is 0 Å². The van der Waals surface area contributed by atoms with Crippen LogP contribution in [-0.2, 0) is 0 Å². The molecule has 0 bridgehead atoms. The number of carbonyl (C=O) groups is 1. The summed E-state index contributed by atoms with van der Waals surface area (Å²) in [5, 5.41) is 0. The van der Waals surface area contributed by atoms with Crippen molar-refractivity contribution < 1.29 is 9.18 Å². The van der Waals surface area contributed by atoms with Gasteiger partial charge in [0, 0.05) is 24.3 Å². The first-order valence-electron chi connectivity index (χ1n) is 6.40. The Labute approximate surface area is 129 Å². The average Bonchev–Trinajstić information content (AvgIpc) is 2.55. The van der Waals surface area contributed by atoms with Crippen molar-refractivity contribution in [2.75, 3.05) is 23.4 Å². The van der Waals surface area contributed by atoms with E-state index in [1.807, 2.05) is 6.92 Å². The Morgan fingerprint density at radius 1 is 1.33 bits per heavy atom. The monoisotopic (exact) mass is 350 g/mol. The molecule has 0 aromatic carbocycles. The maximum atomic E-state index is 13.5. The topological polar surface area (TPSA) is 49.3 Å². The minimum absolute atomic E-state index is 0.204. The van der Waals surface area contributed by atoms with E-state index in [0.29, 0.717) is 33.9 Å². The van der Waals surface area contributed by atoms with Crippen LogP contribution in [0.1, 0.15) is 17.3 Å². The van der Waals surface area contributed by atoms with E-state index in [-0.39, 0.29) is 5.91 Å². The van der Waals surface area contributed by atoms with E-state index in [4.69, 9.17) is 0 Å². The van der Waals surface area contributed by atoms with Crippen LogP contribution in [0.4, 0.5) is 21.7 Å². The molecule has 1 amide bonds. The highest BCUT2D eigenvalue weighted by molar-refractivity contribution is 9.10. The Bertz CT molecular complexity index is 737. The number of carbonyl (C=O) groups excluding carboxylic acids is 1. The van der Waals surface area contributed by atoms with E-state index in [0.717, 1.165) is 0 Å². The van der Waals surface area contributed by atoms with Crippen molar-refractivity contribution in [1.82, 2.24) is 9.97 Å². The molecule has 2 aromatic rings. The summed E-state index contributed by atoms with van der Waals surface area (Å²) in [4.78, 5) is 24.1. The van der Waals surface area contributed by atoms with Crippen molar-refractivity contribution in [3.05, 3.63) is 40.4 Å². The van der Waals surface area contributed by atoms with E-state index in [1.165, 1.54) is 11.0 Å². The Kier molecular flexibility index (Phi) is 3.36. The van der Waals surface area contributed by atoms with Gasteiger partial charge in [-0.05, 0) is 41.1 Å². The second-order valence-electron chi connectivity index (χ2n) is 4.61. The number of halogens is 2. The second kappa shape index (κ2) is 5.07. The largest absolute Gasteiger partial charge is 0.309 e. The predicted octanol–water partition coefficient (Wildman–Crippen LogP) is 3.13. The molecule has 0 spiro atoms. The van der Waals surface area contributed by atoms with Crippen LogP contribution in [0.25, 0.3) is 0 Å². The standard InChI is InChI=1S/C14H12BrFN4O/c1-3-20-12-9(6-8(15)7-17-12)14(21)19(2)10-4-5-11(16)18-13(10)20/h4-7H,3H2,1-2H3. The SMILES string of the molecule is CCN1c2ncc(Br)cc2C(=O)N(C)c2ccc(F)nc21. The molecule has 1 aliphatic rings. The molecular formula is C14H12BrFN4O. The van der Waals surface area contributed by atoms with E-state index < -0.39 is 5.95 Å². The van der Waals surface area contributed by atoms with Gasteiger partial charge in [-0.3, -0.25) is 4.79 Å². The number of nitrogens with zero attached hydrogens (tertiary/aromatic N) is 4. The fraction of sp³-hybridized carbons (Fsp3) is 0.214. The normalized spacial score (nSPS) is 13.8. The first-order valence-corrected chi connectivity index (χ1v) is 7.20. The zero-order chi connectivity index (χ0) is 15.1. The molecule has 0 unspecified atom stereocenters. The van der Waals surface area contributed by atoms with Crippen LogP contribution in [0.3, 0.4) is 0 Å². The maximum absolute atomic E-state index is 13.5. The summed E-state index contributed by atoms with van der Waals surface area (Å²) >= 11 is 3.32. The van der Waals surface area contributed by atoms with Gasteiger partial charge in [0.2, 0.25) is 5.95 Å². The molecule has 0 atom stereocenters. The van der Waals surface area contributed by atoms with Crippen molar-refractivity contribution in [2.45, 2.75) is 6.92 Å². The number of hydrogen-bond acceptors (Lipinski definition) is 4. The van der Waals surface area contributed by atoms with Gasteiger partial charge in [-0.1, -0.05) is 0 Å². The van der Waals surface area contributed by atoms with E-state index >= 15 is 0 Å². The van der Waals surface area contributed by atoms with E-state index in [1.54, 1.807) is 30.3 Å². The lowest BCUT2D eigenvalue weighted by Crippen LogP contribution is -2.25. The third kappa shape index (κ3) is 2.17. The molecule has 0 radical (unpaired) electrons. The lowest BCUT2D eigenvalue weighted by Gasteiger charge is -2.22. The van der Waals surface area contributed by atoms with Crippen LogP contribution in [0, 0.1) is 5.95 Å².